The minimum Gasteiger partial charge on any atom is -0.444 e. The van der Waals surface area contributed by atoms with Crippen LogP contribution in [0.15, 0.2) is 70.2 Å². The highest BCUT2D eigenvalue weighted by Crippen LogP contribution is 2.43. The first kappa shape index (κ1) is 58.2. The SMILES string of the molecule is Cc1cnc(NC2C[C@@H]3CC[C@H]2N3C(=O)OC(C)(C)C)nc1-c1c[nH]c2cc(-c3c(C)noc3C)ccc12.Cc1cnc(NC2C[C@@H]3CC[C@H]2N3C(=O)OC(C)(C)C)nc1-c1cn(COCC[Si](C)(C)C)c2cc(-c3c(C)noc3C)ccc12. The van der Waals surface area contributed by atoms with Crippen molar-refractivity contribution < 1.29 is 32.8 Å². The summed E-state index contributed by atoms with van der Waals surface area (Å²) in [5.41, 5.74) is 12.8. The Balaban J connectivity index is 0.000000178. The van der Waals surface area contributed by atoms with Crippen LogP contribution in [0.1, 0.15) is 114 Å². The highest BCUT2D eigenvalue weighted by Gasteiger charge is 2.51. The molecule has 0 saturated carbocycles. The van der Waals surface area contributed by atoms with Gasteiger partial charge >= 0.3 is 12.2 Å². The number of amides is 2. The molecule has 6 aromatic heterocycles. The number of hydrogen-bond acceptors (Lipinski definition) is 15. The molecule has 0 radical (unpaired) electrons. The summed E-state index contributed by atoms with van der Waals surface area (Å²) >= 11 is 0. The molecule has 12 rings (SSSR count). The van der Waals surface area contributed by atoms with Crippen molar-refractivity contribution in [2.24, 2.45) is 0 Å². The fourth-order valence-corrected chi connectivity index (χ4v) is 13.7. The molecule has 8 aromatic rings. The van der Waals surface area contributed by atoms with E-state index in [1.54, 1.807) is 0 Å². The maximum Gasteiger partial charge on any atom is 0.410 e. The van der Waals surface area contributed by atoms with Crippen molar-refractivity contribution in [2.45, 2.75) is 201 Å². The van der Waals surface area contributed by atoms with Crippen LogP contribution >= 0.6 is 0 Å². The summed E-state index contributed by atoms with van der Waals surface area (Å²) < 4.78 is 30.7. The van der Waals surface area contributed by atoms with Gasteiger partial charge in [0, 0.05) is 90.1 Å². The van der Waals surface area contributed by atoms with Crippen LogP contribution in [0.3, 0.4) is 0 Å². The molecule has 20 heteroatoms. The molecule has 0 aliphatic carbocycles. The highest BCUT2D eigenvalue weighted by molar-refractivity contribution is 6.76. The fraction of sp³-hybridized carbons (Fsp3) is 0.500. The van der Waals surface area contributed by atoms with Crippen molar-refractivity contribution in [1.29, 1.82) is 0 Å². The molecular weight excluding hydrogens is 1080 g/mol. The van der Waals surface area contributed by atoms with E-state index in [2.05, 4.69) is 103 Å². The van der Waals surface area contributed by atoms with E-state index in [1.165, 1.54) is 0 Å². The van der Waals surface area contributed by atoms with Crippen LogP contribution in [-0.2, 0) is 20.9 Å². The summed E-state index contributed by atoms with van der Waals surface area (Å²) in [6.45, 7) is 31.6. The van der Waals surface area contributed by atoms with Gasteiger partial charge in [-0.05, 0) is 162 Å². The monoisotopic (exact) mass is 1160 g/mol. The third kappa shape index (κ3) is 11.9. The molecule has 2 aromatic carbocycles. The molecule has 0 spiro atoms. The van der Waals surface area contributed by atoms with E-state index in [-0.39, 0.29) is 48.4 Å². The molecule has 10 heterocycles. The summed E-state index contributed by atoms with van der Waals surface area (Å²) in [4.78, 5) is 52.5. The van der Waals surface area contributed by atoms with E-state index in [1.807, 2.05) is 111 Å². The first-order valence-electron chi connectivity index (χ1n) is 29.7. The van der Waals surface area contributed by atoms with E-state index in [0.29, 0.717) is 18.6 Å². The molecule has 444 valence electrons. The Morgan fingerprint density at radius 1 is 0.679 bits per heavy atom. The van der Waals surface area contributed by atoms with Crippen molar-refractivity contribution in [1.82, 2.24) is 49.6 Å². The summed E-state index contributed by atoms with van der Waals surface area (Å²) in [5.74, 6) is 2.76. The Morgan fingerprint density at radius 2 is 1.18 bits per heavy atom. The van der Waals surface area contributed by atoms with E-state index in [4.69, 9.17) is 33.2 Å². The number of nitrogens with zero attached hydrogens (tertiary/aromatic N) is 9. The molecule has 4 fully saturated rings. The van der Waals surface area contributed by atoms with E-state index < -0.39 is 19.3 Å². The lowest BCUT2D eigenvalue weighted by Gasteiger charge is -2.28. The number of anilines is 2. The molecule has 6 atom stereocenters. The molecule has 3 N–H and O–H groups in total. The molecule has 2 amide bonds. The van der Waals surface area contributed by atoms with Crippen LogP contribution in [0, 0.1) is 41.5 Å². The zero-order chi connectivity index (χ0) is 59.7. The van der Waals surface area contributed by atoms with Gasteiger partial charge in [-0.3, -0.25) is 0 Å². The predicted molar refractivity (Wildman–Crippen MR) is 330 cm³/mol. The van der Waals surface area contributed by atoms with Crippen molar-refractivity contribution in [3.8, 4) is 44.8 Å². The minimum absolute atomic E-state index is 0.0613. The number of carbonyl (C=O) groups is 2. The zero-order valence-corrected chi connectivity index (χ0v) is 52.5. The molecule has 4 aliphatic heterocycles. The first-order chi connectivity index (χ1) is 39.8. The maximum absolute atomic E-state index is 13.0. The van der Waals surface area contributed by atoms with Crippen LogP contribution in [0.4, 0.5) is 21.5 Å². The average molecular weight is 1160 g/mol. The van der Waals surface area contributed by atoms with Crippen LogP contribution in [0.2, 0.25) is 25.7 Å². The number of aryl methyl sites for hydroxylation is 6. The largest absolute Gasteiger partial charge is 0.444 e. The van der Waals surface area contributed by atoms with Crippen LogP contribution < -0.4 is 10.6 Å². The second kappa shape index (κ2) is 22.4. The number of carbonyl (C=O) groups excluding carboxylic acids is 2. The Hall–Kier alpha value is -7.58. The normalized spacial score (nSPS) is 20.3. The lowest BCUT2D eigenvalue weighted by molar-refractivity contribution is 0.0203. The zero-order valence-electron chi connectivity index (χ0n) is 51.5. The number of nitrogens with one attached hydrogen (secondary N) is 3. The van der Waals surface area contributed by atoms with E-state index in [0.717, 1.165) is 152 Å². The van der Waals surface area contributed by atoms with Crippen LogP contribution in [0.5, 0.6) is 0 Å². The Labute approximate surface area is 493 Å². The van der Waals surface area contributed by atoms with Crippen molar-refractivity contribution in [3.63, 3.8) is 0 Å². The number of ether oxygens (including phenoxy) is 3. The molecule has 4 aliphatic rings. The van der Waals surface area contributed by atoms with Gasteiger partial charge in [0.05, 0.1) is 52.5 Å². The number of aromatic amines is 1. The van der Waals surface area contributed by atoms with Crippen molar-refractivity contribution >= 4 is 54.0 Å². The second-order valence-corrected chi connectivity index (χ2v) is 32.4. The van der Waals surface area contributed by atoms with Gasteiger partial charge < -0.3 is 53.2 Å². The second-order valence-electron chi connectivity index (χ2n) is 26.7. The summed E-state index contributed by atoms with van der Waals surface area (Å²) in [5, 5.41) is 17.6. The number of rotatable bonds is 13. The number of H-pyrrole nitrogens is 1. The van der Waals surface area contributed by atoms with Gasteiger partial charge in [0.15, 0.2) is 0 Å². The maximum atomic E-state index is 13.0. The van der Waals surface area contributed by atoms with Gasteiger partial charge in [-0.25, -0.2) is 29.5 Å². The quantitative estimate of drug-likeness (QED) is 0.0723. The summed E-state index contributed by atoms with van der Waals surface area (Å²) in [7, 11) is -1.21. The lowest BCUT2D eigenvalue weighted by Crippen LogP contribution is -2.42. The molecular formula is C64H82N12O7Si. The minimum atomic E-state index is -1.21. The van der Waals surface area contributed by atoms with Crippen LogP contribution in [-0.4, -0.2) is 124 Å². The smallest absolute Gasteiger partial charge is 0.410 e. The topological polar surface area (TPSA) is 217 Å². The predicted octanol–water partition coefficient (Wildman–Crippen LogP) is 14.1. The number of benzene rings is 2. The Kier molecular flexibility index (Phi) is 15.5. The lowest BCUT2D eigenvalue weighted by atomic mass is 9.96. The van der Waals surface area contributed by atoms with Crippen LogP contribution in [0.25, 0.3) is 66.6 Å². The third-order valence-corrected chi connectivity index (χ3v) is 18.5. The van der Waals surface area contributed by atoms with Gasteiger partial charge in [0.1, 0.15) is 29.5 Å². The van der Waals surface area contributed by atoms with Crippen molar-refractivity contribution in [2.75, 3.05) is 17.2 Å². The first-order valence-corrected chi connectivity index (χ1v) is 33.4. The molecule has 19 nitrogen and oxygen atoms in total. The number of aromatic nitrogens is 8. The fourth-order valence-electron chi connectivity index (χ4n) is 12.9. The summed E-state index contributed by atoms with van der Waals surface area (Å²) in [6, 6.07) is 14.6. The number of fused-ring (bicyclic) bond motifs is 6. The van der Waals surface area contributed by atoms with Gasteiger partial charge in [0.2, 0.25) is 11.9 Å². The number of hydrogen-bond donors (Lipinski definition) is 3. The third-order valence-electron chi connectivity index (χ3n) is 16.8. The molecule has 4 saturated heterocycles. The van der Waals surface area contributed by atoms with E-state index >= 15 is 0 Å². The van der Waals surface area contributed by atoms with Gasteiger partial charge in [-0.15, -0.1) is 0 Å². The van der Waals surface area contributed by atoms with Gasteiger partial charge in [-0.1, -0.05) is 54.2 Å². The van der Waals surface area contributed by atoms with Gasteiger partial charge in [-0.2, -0.15) is 0 Å². The van der Waals surface area contributed by atoms with Gasteiger partial charge in [0.25, 0.3) is 0 Å². The summed E-state index contributed by atoms with van der Waals surface area (Å²) in [6.07, 6.45) is 13.1. The average Bonchev–Trinajstić information content (AvgIpc) is 3.02. The van der Waals surface area contributed by atoms with Crippen molar-refractivity contribution in [3.05, 3.63) is 95.2 Å². The molecule has 4 bridgehead atoms. The Morgan fingerprint density at radius 3 is 1.67 bits per heavy atom. The Bertz CT molecular complexity index is 3730. The molecule has 84 heavy (non-hydrogen) atoms. The highest BCUT2D eigenvalue weighted by atomic mass is 28.3. The standard InChI is InChI=1S/C35H48N6O4Si.C29H34N6O3/c1-21-18-36-33(37-28-17-25-11-13-29(28)41(25)34(42)44-35(4,5)6)38-32(21)27-19-40(20-43-14-15-46(7,8)9)30-16-24(10-12-26(27)30)31-22(2)39-45-23(31)3;1-15-13-31-27(32-23-12-19-8-10-24(23)35(19)28(36)37-29(4,5)6)33-26(15)21-14-30-22-11-18(7-9-20(21)22)25-16(2)34-38-17(25)3/h10,12,16,18-19,25,28-29H,11,13-15,17,20H2,1-9H3,(H,36,37,38);7,9,11,13-14,19,23-24,30H,8,10,12H2,1-6H3,(H,31,32,33)/t25-,28?,29+;19-,23?,24+/m00/s1. The molecule has 2 unspecified atom stereocenters. The van der Waals surface area contributed by atoms with E-state index in [9.17, 15) is 9.59 Å².